The van der Waals surface area contributed by atoms with Gasteiger partial charge in [-0.05, 0) is 25.7 Å². The summed E-state index contributed by atoms with van der Waals surface area (Å²) in [5.74, 6) is -0.984. The molecule has 1 aromatic carbocycles. The Hall–Kier alpha value is -1.76. The Morgan fingerprint density at radius 3 is 2.40 bits per heavy atom. The summed E-state index contributed by atoms with van der Waals surface area (Å²) < 4.78 is 10.4. The van der Waals surface area contributed by atoms with Gasteiger partial charge in [-0.1, -0.05) is 12.1 Å². The van der Waals surface area contributed by atoms with Crippen molar-refractivity contribution in [1.29, 1.82) is 0 Å². The largest absolute Gasteiger partial charge is 0.478 e. The monoisotopic (exact) mass is 281 g/mol. The number of aldehydes is 1. The number of benzene rings is 1. The van der Waals surface area contributed by atoms with Gasteiger partial charge >= 0.3 is 5.97 Å². The van der Waals surface area contributed by atoms with Gasteiger partial charge in [-0.3, -0.25) is 4.79 Å². The highest BCUT2D eigenvalue weighted by Gasteiger charge is 2.13. The summed E-state index contributed by atoms with van der Waals surface area (Å²) in [6, 6.07) is 5.73. The van der Waals surface area contributed by atoms with E-state index in [0.717, 1.165) is 26.2 Å². The van der Waals surface area contributed by atoms with Crippen molar-refractivity contribution in [1.82, 2.24) is 5.32 Å². The maximum absolute atomic E-state index is 10.3. The van der Waals surface area contributed by atoms with Crippen LogP contribution >= 0.6 is 0 Å². The molecule has 1 aliphatic heterocycles. The van der Waals surface area contributed by atoms with Crippen LogP contribution in [0, 0.1) is 0 Å². The predicted octanol–water partition coefficient (Wildman–Crippen LogP) is 1.17. The number of ether oxygens (including phenoxy) is 2. The Bertz CT molecular complexity index is 412. The molecule has 0 saturated carbocycles. The van der Waals surface area contributed by atoms with Crippen molar-refractivity contribution in [2.75, 3.05) is 26.8 Å². The molecule has 0 unspecified atom stereocenters. The van der Waals surface area contributed by atoms with Crippen LogP contribution in [0.5, 0.6) is 0 Å². The molecule has 6 heteroatoms. The van der Waals surface area contributed by atoms with E-state index in [0.29, 0.717) is 11.8 Å². The van der Waals surface area contributed by atoms with E-state index in [1.54, 1.807) is 0 Å². The molecule has 20 heavy (non-hydrogen) atoms. The van der Waals surface area contributed by atoms with E-state index in [4.69, 9.17) is 14.6 Å². The lowest BCUT2D eigenvalue weighted by Gasteiger charge is -2.06. The maximum atomic E-state index is 10.3. The minimum absolute atomic E-state index is 0.0532. The van der Waals surface area contributed by atoms with Crippen molar-refractivity contribution in [2.24, 2.45) is 0 Å². The van der Waals surface area contributed by atoms with Gasteiger partial charge in [0.25, 0.3) is 0 Å². The molecule has 6 nitrogen and oxygen atoms in total. The molecule has 0 atom stereocenters. The van der Waals surface area contributed by atoms with E-state index < -0.39 is 5.97 Å². The van der Waals surface area contributed by atoms with Crippen LogP contribution in [-0.2, 0) is 9.47 Å². The third-order valence-electron chi connectivity index (χ3n) is 2.61. The summed E-state index contributed by atoms with van der Waals surface area (Å²) in [5, 5.41) is 11.5. The second-order valence-electron chi connectivity index (χ2n) is 4.11. The molecular formula is C14H19NO5. The first-order valence-corrected chi connectivity index (χ1v) is 6.33. The van der Waals surface area contributed by atoms with Crippen LogP contribution < -0.4 is 5.32 Å². The van der Waals surface area contributed by atoms with Gasteiger partial charge in [0.15, 0.2) is 6.29 Å². The Labute approximate surface area is 117 Å². The molecule has 2 rings (SSSR count). The third-order valence-corrected chi connectivity index (χ3v) is 2.61. The molecule has 1 fully saturated rings. The third kappa shape index (κ3) is 5.92. The maximum Gasteiger partial charge on any atom is 0.335 e. The SMILES string of the molecule is CNCCC1OCCO1.O=Cc1ccc(C(=O)O)cc1. The number of rotatable bonds is 5. The first-order chi connectivity index (χ1) is 9.67. The van der Waals surface area contributed by atoms with Crippen LogP contribution in [0.3, 0.4) is 0 Å². The van der Waals surface area contributed by atoms with Crippen molar-refractivity contribution in [3.05, 3.63) is 35.4 Å². The lowest BCUT2D eigenvalue weighted by molar-refractivity contribution is -0.0456. The van der Waals surface area contributed by atoms with Gasteiger partial charge in [0.2, 0.25) is 0 Å². The summed E-state index contributed by atoms with van der Waals surface area (Å²) in [6.45, 7) is 2.48. The predicted molar refractivity (Wildman–Crippen MR) is 73.0 cm³/mol. The van der Waals surface area contributed by atoms with Crippen LogP contribution in [0.4, 0.5) is 0 Å². The molecule has 1 aliphatic rings. The van der Waals surface area contributed by atoms with E-state index >= 15 is 0 Å². The Morgan fingerprint density at radius 1 is 1.35 bits per heavy atom. The Morgan fingerprint density at radius 2 is 1.95 bits per heavy atom. The van der Waals surface area contributed by atoms with Crippen molar-refractivity contribution < 1.29 is 24.2 Å². The van der Waals surface area contributed by atoms with Gasteiger partial charge in [-0.2, -0.15) is 0 Å². The zero-order valence-corrected chi connectivity index (χ0v) is 11.4. The highest BCUT2D eigenvalue weighted by Crippen LogP contribution is 2.05. The van der Waals surface area contributed by atoms with Gasteiger partial charge in [0, 0.05) is 12.0 Å². The molecule has 0 radical (unpaired) electrons. The summed E-state index contributed by atoms with van der Waals surface area (Å²) >= 11 is 0. The standard InChI is InChI=1S/C8H6O3.C6H13NO2/c9-5-6-1-3-7(4-2-6)8(10)11;1-7-3-2-6-8-4-5-9-6/h1-5H,(H,10,11);6-7H,2-5H2,1H3. The number of carboxylic acids is 1. The topological polar surface area (TPSA) is 84.9 Å². The van der Waals surface area contributed by atoms with E-state index in [2.05, 4.69) is 5.32 Å². The number of aromatic carboxylic acids is 1. The van der Waals surface area contributed by atoms with Crippen molar-refractivity contribution in [2.45, 2.75) is 12.7 Å². The number of carbonyl (C=O) groups excluding carboxylic acids is 1. The fraction of sp³-hybridized carbons (Fsp3) is 0.429. The van der Waals surface area contributed by atoms with E-state index in [1.165, 1.54) is 24.3 Å². The lowest BCUT2D eigenvalue weighted by Crippen LogP contribution is -2.17. The highest BCUT2D eigenvalue weighted by atomic mass is 16.7. The molecule has 110 valence electrons. The zero-order chi connectivity index (χ0) is 14.8. The fourth-order valence-corrected chi connectivity index (χ4v) is 1.54. The van der Waals surface area contributed by atoms with Crippen LogP contribution in [-0.4, -0.2) is 50.5 Å². The van der Waals surface area contributed by atoms with Gasteiger partial charge in [0.1, 0.15) is 6.29 Å². The van der Waals surface area contributed by atoms with Gasteiger partial charge in [0.05, 0.1) is 18.8 Å². The minimum atomic E-state index is -0.984. The molecule has 0 aromatic heterocycles. The average Bonchev–Trinajstić information content (AvgIpc) is 2.99. The van der Waals surface area contributed by atoms with Gasteiger partial charge in [-0.15, -0.1) is 0 Å². The second kappa shape index (κ2) is 9.19. The lowest BCUT2D eigenvalue weighted by atomic mass is 10.1. The minimum Gasteiger partial charge on any atom is -0.478 e. The molecule has 0 spiro atoms. The normalized spacial score (nSPS) is 14.4. The number of hydrogen-bond acceptors (Lipinski definition) is 5. The molecule has 1 saturated heterocycles. The van der Waals surface area contributed by atoms with Gasteiger partial charge < -0.3 is 19.9 Å². The number of carbonyl (C=O) groups is 2. The van der Waals surface area contributed by atoms with Crippen LogP contribution in [0.2, 0.25) is 0 Å². The van der Waals surface area contributed by atoms with E-state index in [1.807, 2.05) is 7.05 Å². The van der Waals surface area contributed by atoms with Crippen LogP contribution in [0.25, 0.3) is 0 Å². The summed E-state index contributed by atoms with van der Waals surface area (Å²) in [5.41, 5.74) is 0.672. The van der Waals surface area contributed by atoms with Crippen molar-refractivity contribution in [3.8, 4) is 0 Å². The summed E-state index contributed by atoms with van der Waals surface area (Å²) in [6.07, 6.45) is 1.68. The smallest absolute Gasteiger partial charge is 0.335 e. The molecule has 1 heterocycles. The second-order valence-corrected chi connectivity index (χ2v) is 4.11. The molecule has 0 bridgehead atoms. The van der Waals surface area contributed by atoms with Crippen LogP contribution in [0.1, 0.15) is 27.1 Å². The fourth-order valence-electron chi connectivity index (χ4n) is 1.54. The van der Waals surface area contributed by atoms with Crippen LogP contribution in [0.15, 0.2) is 24.3 Å². The molecule has 0 amide bonds. The zero-order valence-electron chi connectivity index (χ0n) is 11.4. The summed E-state index contributed by atoms with van der Waals surface area (Å²) in [4.78, 5) is 20.5. The van der Waals surface area contributed by atoms with E-state index in [9.17, 15) is 9.59 Å². The number of nitrogens with one attached hydrogen (secondary N) is 1. The van der Waals surface area contributed by atoms with Crippen molar-refractivity contribution in [3.63, 3.8) is 0 Å². The van der Waals surface area contributed by atoms with Gasteiger partial charge in [-0.25, -0.2) is 4.79 Å². The Balaban J connectivity index is 0.000000204. The number of hydrogen-bond donors (Lipinski definition) is 2. The molecule has 1 aromatic rings. The molecule has 2 N–H and O–H groups in total. The molecular weight excluding hydrogens is 262 g/mol. The quantitative estimate of drug-likeness (QED) is 0.788. The van der Waals surface area contributed by atoms with E-state index in [-0.39, 0.29) is 11.9 Å². The Kier molecular flexibility index (Phi) is 7.49. The summed E-state index contributed by atoms with van der Waals surface area (Å²) in [7, 11) is 1.93. The first-order valence-electron chi connectivity index (χ1n) is 6.33. The van der Waals surface area contributed by atoms with Crippen molar-refractivity contribution >= 4 is 12.3 Å². The highest BCUT2D eigenvalue weighted by molar-refractivity contribution is 5.88. The number of carboxylic acid groups (broad SMARTS) is 1. The average molecular weight is 281 g/mol. The molecule has 0 aliphatic carbocycles. The first kappa shape index (κ1) is 16.3.